The predicted octanol–water partition coefficient (Wildman–Crippen LogP) is 4.90. The molecule has 0 aliphatic heterocycles. The second-order valence-corrected chi connectivity index (χ2v) is 7.81. The van der Waals surface area contributed by atoms with Crippen LogP contribution in [0.2, 0.25) is 0 Å². The average Bonchev–Trinajstić information content (AvgIpc) is 2.23. The first-order chi connectivity index (χ1) is 8.59. The number of ketones is 1. The molecule has 0 aliphatic carbocycles. The largest absolute Gasteiger partial charge is 0.299 e. The van der Waals surface area contributed by atoms with Crippen LogP contribution in [-0.2, 0) is 11.2 Å². The van der Waals surface area contributed by atoms with Crippen LogP contribution in [0.15, 0.2) is 30.3 Å². The van der Waals surface area contributed by atoms with Gasteiger partial charge in [-0.25, -0.2) is 0 Å². The zero-order chi connectivity index (χ0) is 14.7. The lowest BCUT2D eigenvalue weighted by atomic mass is 9.71. The lowest BCUT2D eigenvalue weighted by molar-refractivity contribution is -0.127. The molecule has 0 aromatic heterocycles. The molecule has 1 rings (SSSR count). The van der Waals surface area contributed by atoms with Gasteiger partial charge in [-0.1, -0.05) is 71.9 Å². The quantitative estimate of drug-likeness (QED) is 0.752. The van der Waals surface area contributed by atoms with Crippen molar-refractivity contribution in [2.75, 3.05) is 0 Å². The molecule has 1 aromatic carbocycles. The van der Waals surface area contributed by atoms with E-state index in [1.54, 1.807) is 0 Å². The Bertz CT molecular complexity index is 404. The van der Waals surface area contributed by atoms with E-state index in [1.807, 2.05) is 18.2 Å². The summed E-state index contributed by atoms with van der Waals surface area (Å²) in [5.74, 6) is 0.484. The summed E-state index contributed by atoms with van der Waals surface area (Å²) in [4.78, 5) is 12.6. The van der Waals surface area contributed by atoms with Gasteiger partial charge in [-0.3, -0.25) is 4.79 Å². The zero-order valence-electron chi connectivity index (χ0n) is 13.3. The Labute approximate surface area is 118 Å². The summed E-state index contributed by atoms with van der Waals surface area (Å²) in [6, 6.07) is 10.3. The van der Waals surface area contributed by atoms with Gasteiger partial charge in [0, 0.05) is 12.3 Å². The summed E-state index contributed by atoms with van der Waals surface area (Å²) >= 11 is 0. The van der Waals surface area contributed by atoms with Crippen LogP contribution in [0.3, 0.4) is 0 Å². The number of hydrogen-bond acceptors (Lipinski definition) is 1. The van der Waals surface area contributed by atoms with Crippen molar-refractivity contribution in [3.05, 3.63) is 35.9 Å². The van der Waals surface area contributed by atoms with Crippen molar-refractivity contribution in [3.63, 3.8) is 0 Å². The summed E-state index contributed by atoms with van der Waals surface area (Å²) in [6.45, 7) is 12.9. The fourth-order valence-electron chi connectivity index (χ4n) is 2.40. The highest BCUT2D eigenvalue weighted by Gasteiger charge is 2.32. The molecule has 1 atom stereocenters. The fraction of sp³-hybridized carbons (Fsp3) is 0.611. The third-order valence-corrected chi connectivity index (χ3v) is 3.42. The maximum atomic E-state index is 12.6. The molecule has 0 N–H and O–H groups in total. The molecule has 1 heteroatoms. The van der Waals surface area contributed by atoms with Gasteiger partial charge < -0.3 is 0 Å². The Morgan fingerprint density at radius 1 is 1.00 bits per heavy atom. The topological polar surface area (TPSA) is 17.1 Å². The van der Waals surface area contributed by atoms with Crippen molar-refractivity contribution in [2.24, 2.45) is 16.7 Å². The number of hydrogen-bond donors (Lipinski definition) is 0. The van der Waals surface area contributed by atoms with Crippen LogP contribution in [-0.4, -0.2) is 5.78 Å². The second-order valence-electron chi connectivity index (χ2n) is 7.81. The molecule has 106 valence electrons. The van der Waals surface area contributed by atoms with Crippen molar-refractivity contribution < 1.29 is 4.79 Å². The van der Waals surface area contributed by atoms with Crippen molar-refractivity contribution >= 4 is 5.78 Å². The van der Waals surface area contributed by atoms with Gasteiger partial charge in [-0.15, -0.1) is 0 Å². The van der Waals surface area contributed by atoms with Crippen LogP contribution < -0.4 is 0 Å². The predicted molar refractivity (Wildman–Crippen MR) is 82.2 cm³/mol. The summed E-state index contributed by atoms with van der Waals surface area (Å²) in [6.07, 6.45) is 1.50. The van der Waals surface area contributed by atoms with Crippen LogP contribution >= 0.6 is 0 Å². The van der Waals surface area contributed by atoms with Gasteiger partial charge in [0.05, 0.1) is 0 Å². The summed E-state index contributed by atoms with van der Waals surface area (Å²) in [5, 5.41) is 0. The Morgan fingerprint density at radius 2 is 1.53 bits per heavy atom. The molecule has 1 nitrogen and oxygen atoms in total. The van der Waals surface area contributed by atoms with E-state index >= 15 is 0 Å². The van der Waals surface area contributed by atoms with E-state index in [0.29, 0.717) is 12.2 Å². The summed E-state index contributed by atoms with van der Waals surface area (Å²) in [7, 11) is 0. The lowest BCUT2D eigenvalue weighted by Gasteiger charge is -2.32. The number of carbonyl (C=O) groups excluding carboxylic acids is 1. The van der Waals surface area contributed by atoms with E-state index in [-0.39, 0.29) is 16.7 Å². The van der Waals surface area contributed by atoms with E-state index in [0.717, 1.165) is 6.42 Å². The Kier molecular flexibility index (Phi) is 4.95. The molecule has 0 aliphatic rings. The van der Waals surface area contributed by atoms with E-state index in [9.17, 15) is 4.79 Å². The van der Waals surface area contributed by atoms with E-state index in [1.165, 1.54) is 5.56 Å². The number of Topliss-reactive ketones (excluding diaryl/α,β-unsaturated/α-hetero) is 1. The van der Waals surface area contributed by atoms with Crippen LogP contribution in [0.1, 0.15) is 53.5 Å². The molecule has 0 amide bonds. The van der Waals surface area contributed by atoms with Gasteiger partial charge in [0.15, 0.2) is 0 Å². The monoisotopic (exact) mass is 260 g/mol. The first-order valence-corrected chi connectivity index (χ1v) is 7.16. The third-order valence-electron chi connectivity index (χ3n) is 3.42. The van der Waals surface area contributed by atoms with Crippen molar-refractivity contribution in [2.45, 2.75) is 54.4 Å². The molecule has 0 bridgehead atoms. The minimum Gasteiger partial charge on any atom is -0.299 e. The molecule has 0 fully saturated rings. The second kappa shape index (κ2) is 5.90. The Morgan fingerprint density at radius 3 is 1.95 bits per heavy atom. The molecule has 0 saturated heterocycles. The van der Waals surface area contributed by atoms with Crippen LogP contribution in [0.4, 0.5) is 0 Å². The SMILES string of the molecule is CC(C)(C)CC(=O)[C@@H](Cc1ccccc1)C(C)(C)C. The normalized spacial score (nSPS) is 14.2. The molecule has 0 spiro atoms. The average molecular weight is 260 g/mol. The summed E-state index contributed by atoms with van der Waals surface area (Å²) < 4.78 is 0. The van der Waals surface area contributed by atoms with Gasteiger partial charge in [0.1, 0.15) is 5.78 Å². The molecular weight excluding hydrogens is 232 g/mol. The highest BCUT2D eigenvalue weighted by Crippen LogP contribution is 2.33. The van der Waals surface area contributed by atoms with Gasteiger partial charge in [-0.05, 0) is 22.8 Å². The smallest absolute Gasteiger partial charge is 0.137 e. The number of rotatable bonds is 4. The molecule has 0 unspecified atom stereocenters. The lowest BCUT2D eigenvalue weighted by Crippen LogP contribution is -2.32. The van der Waals surface area contributed by atoms with Crippen LogP contribution in [0.5, 0.6) is 0 Å². The standard InChI is InChI=1S/C18H28O/c1-17(2,3)13-16(19)15(18(4,5)6)12-14-10-8-7-9-11-14/h7-11,15H,12-13H2,1-6H3/t15-/m1/s1. The van der Waals surface area contributed by atoms with Crippen molar-refractivity contribution in [1.29, 1.82) is 0 Å². The van der Waals surface area contributed by atoms with Crippen molar-refractivity contribution in [1.82, 2.24) is 0 Å². The van der Waals surface area contributed by atoms with E-state index in [2.05, 4.69) is 53.7 Å². The Hall–Kier alpha value is -1.11. The molecule has 19 heavy (non-hydrogen) atoms. The number of carbonyl (C=O) groups is 1. The van der Waals surface area contributed by atoms with Gasteiger partial charge in [0.25, 0.3) is 0 Å². The molecule has 0 radical (unpaired) electrons. The molecule has 0 heterocycles. The van der Waals surface area contributed by atoms with Gasteiger partial charge in [-0.2, -0.15) is 0 Å². The highest BCUT2D eigenvalue weighted by atomic mass is 16.1. The minimum absolute atomic E-state index is 0.0121. The molecular formula is C18H28O. The van der Waals surface area contributed by atoms with Gasteiger partial charge >= 0.3 is 0 Å². The maximum Gasteiger partial charge on any atom is 0.137 e. The van der Waals surface area contributed by atoms with E-state index in [4.69, 9.17) is 0 Å². The third kappa shape index (κ3) is 5.59. The first kappa shape index (κ1) is 15.9. The highest BCUT2D eigenvalue weighted by molar-refractivity contribution is 5.82. The maximum absolute atomic E-state index is 12.6. The van der Waals surface area contributed by atoms with Gasteiger partial charge in [0.2, 0.25) is 0 Å². The molecule has 0 saturated carbocycles. The molecule has 1 aromatic rings. The first-order valence-electron chi connectivity index (χ1n) is 7.16. The number of benzene rings is 1. The Balaban J connectivity index is 2.88. The fourth-order valence-corrected chi connectivity index (χ4v) is 2.40. The zero-order valence-corrected chi connectivity index (χ0v) is 13.3. The van der Waals surface area contributed by atoms with E-state index < -0.39 is 0 Å². The van der Waals surface area contributed by atoms with Crippen LogP contribution in [0.25, 0.3) is 0 Å². The summed E-state index contributed by atoms with van der Waals surface area (Å²) in [5.41, 5.74) is 1.33. The minimum atomic E-state index is 0.0121. The van der Waals surface area contributed by atoms with Crippen LogP contribution in [0, 0.1) is 16.7 Å². The van der Waals surface area contributed by atoms with Crippen molar-refractivity contribution in [3.8, 4) is 0 Å².